The first-order chi connectivity index (χ1) is 45.6. The normalized spacial score (nSPS) is 18.7. The summed E-state index contributed by atoms with van der Waals surface area (Å²) >= 11 is 0. The molecule has 0 aliphatic carbocycles. The number of likely N-dealkylation sites (tertiary alicyclic amines) is 3. The van der Waals surface area contributed by atoms with Crippen molar-refractivity contribution in [2.24, 2.45) is 50.5 Å². The number of aliphatic carboxylic acids is 1. The highest BCUT2D eigenvalue weighted by Gasteiger charge is 2.45. The largest absolute Gasteiger partial charge is 0.480 e. The first kappa shape index (κ1) is 77.2. The van der Waals surface area contributed by atoms with E-state index in [1.165, 1.54) is 21.6 Å². The number of carbonyl (C=O) groups excluding carboxylic acids is 11. The first-order valence-electron chi connectivity index (χ1n) is 32.7. The van der Waals surface area contributed by atoms with E-state index in [4.69, 9.17) is 28.7 Å². The second kappa shape index (κ2) is 38.2. The van der Waals surface area contributed by atoms with E-state index in [0.717, 1.165) is 0 Å². The second-order valence-electron chi connectivity index (χ2n) is 24.8. The fourth-order valence-electron chi connectivity index (χ4n) is 11.7. The minimum absolute atomic E-state index is 0.00531. The van der Waals surface area contributed by atoms with Crippen molar-refractivity contribution >= 4 is 82.9 Å². The van der Waals surface area contributed by atoms with Crippen LogP contribution in [0.5, 0.6) is 0 Å². The van der Waals surface area contributed by atoms with Crippen molar-refractivity contribution in [1.82, 2.24) is 57.2 Å². The number of carboxylic acid groups (broad SMARTS) is 1. The summed E-state index contributed by atoms with van der Waals surface area (Å²) in [6, 6.07) is 3.68. The molecule has 32 nitrogen and oxygen atoms in total. The maximum absolute atomic E-state index is 14.6. The van der Waals surface area contributed by atoms with E-state index < -0.39 is 162 Å². The van der Waals surface area contributed by atoms with E-state index in [1.54, 1.807) is 88.4 Å². The van der Waals surface area contributed by atoms with Gasteiger partial charge < -0.3 is 96.1 Å². The minimum Gasteiger partial charge on any atom is -0.480 e. The number of aliphatic hydroxyl groups is 1. The summed E-state index contributed by atoms with van der Waals surface area (Å²) in [7, 11) is 0. The summed E-state index contributed by atoms with van der Waals surface area (Å²) < 4.78 is 0. The Hall–Kier alpha value is -9.46. The molecule has 11 amide bonds. The first-order valence-corrected chi connectivity index (χ1v) is 32.7. The van der Waals surface area contributed by atoms with E-state index in [-0.39, 0.29) is 89.6 Å². The number of carbonyl (C=O) groups is 12. The predicted octanol–water partition coefficient (Wildman–Crippen LogP) is -3.81. The molecular weight excluding hydrogens is 1240 g/mol. The number of hydrogen-bond donors (Lipinski definition) is 15. The molecule has 96 heavy (non-hydrogen) atoms. The number of nitrogens with one attached hydrogen (secondary N) is 8. The van der Waals surface area contributed by atoms with Crippen LogP contribution in [0.25, 0.3) is 0 Å². The molecule has 3 aliphatic rings. The number of nitrogens with zero attached hydrogens (tertiary/aromatic N) is 5. The standard InChI is InChI=1S/C64H98N18O14/c1-6-37(4)51(58(91)78-50(36(2)3)62(95)96)79-53(86)41(22-13-27-70-63(66)67)74-55(88)44(33-40-20-11-8-12-21-40)76-57(90)47-25-16-29-80(47)60(93)45(35-83)77-54(87)43(32-39-18-9-7-10-19-39)73-49(84)34-72-56(89)46-24-15-30-81(46)61(94)48-26-17-31-82(48)59(92)42(75-52(85)38(5)65)23-14-28-71-64(68)69/h7-12,18-21,36-38,41-48,50-51,83H,6,13-17,22-35,65H2,1-5H3,(H,72,89)(H,73,84)(H,74,88)(H,75,85)(H,76,90)(H,77,87)(H,78,91)(H,79,86)(H,95,96)(H4,66,67,70)(H4,68,69,71). The summed E-state index contributed by atoms with van der Waals surface area (Å²) in [4.78, 5) is 178. The predicted molar refractivity (Wildman–Crippen MR) is 354 cm³/mol. The van der Waals surface area contributed by atoms with E-state index in [0.29, 0.717) is 49.7 Å². The van der Waals surface area contributed by atoms with Crippen molar-refractivity contribution in [2.75, 3.05) is 45.9 Å². The van der Waals surface area contributed by atoms with E-state index in [1.807, 2.05) is 0 Å². The van der Waals surface area contributed by atoms with Gasteiger partial charge >= 0.3 is 5.97 Å². The Balaban J connectivity index is 1.28. The summed E-state index contributed by atoms with van der Waals surface area (Å²) in [5.41, 5.74) is 29.0. The van der Waals surface area contributed by atoms with Gasteiger partial charge in [0, 0.05) is 45.6 Å². The number of carboxylic acids is 1. The number of aliphatic imine (C=N–C) groups is 2. The lowest BCUT2D eigenvalue weighted by molar-refractivity contribution is -0.148. The lowest BCUT2D eigenvalue weighted by Gasteiger charge is -2.33. The maximum atomic E-state index is 14.6. The molecule has 3 fully saturated rings. The molecule has 3 heterocycles. The maximum Gasteiger partial charge on any atom is 0.326 e. The van der Waals surface area contributed by atoms with Gasteiger partial charge in [0.05, 0.1) is 19.2 Å². The van der Waals surface area contributed by atoms with Gasteiger partial charge in [-0.05, 0) is 94.1 Å². The third kappa shape index (κ3) is 23.2. The third-order valence-corrected chi connectivity index (χ3v) is 17.1. The van der Waals surface area contributed by atoms with Crippen LogP contribution in [0, 0.1) is 11.8 Å². The Bertz CT molecular complexity index is 3080. The van der Waals surface area contributed by atoms with Crippen molar-refractivity contribution in [2.45, 2.75) is 185 Å². The molecule has 12 atom stereocenters. The SMILES string of the molecule is CCC(C)C(NC(=O)C(CCCN=C(N)N)NC(=O)C(Cc1ccccc1)NC(=O)C1CCCN1C(=O)C(CO)NC(=O)C(Cc1ccccc1)NC(=O)CNC(=O)C1CCCN1C(=O)C1CCCN1C(=O)C(CCCN=C(N)N)NC(=O)C(C)N)C(=O)NC(C(=O)O)C(C)C. The number of nitrogens with two attached hydrogens (primary N) is 5. The molecular formula is C64H98N18O14. The molecule has 3 aliphatic heterocycles. The van der Waals surface area contributed by atoms with Gasteiger partial charge in [0.25, 0.3) is 0 Å². The van der Waals surface area contributed by atoms with Crippen LogP contribution in [0.2, 0.25) is 0 Å². The van der Waals surface area contributed by atoms with Gasteiger partial charge in [-0.15, -0.1) is 0 Å². The molecule has 20 N–H and O–H groups in total. The molecule has 2 aromatic carbocycles. The lowest BCUT2D eigenvalue weighted by atomic mass is 9.96. The highest BCUT2D eigenvalue weighted by molar-refractivity contribution is 5.99. The van der Waals surface area contributed by atoms with Gasteiger partial charge in [-0.1, -0.05) is 94.8 Å². The Morgan fingerprint density at radius 3 is 1.48 bits per heavy atom. The van der Waals surface area contributed by atoms with Crippen molar-refractivity contribution in [3.05, 3.63) is 71.8 Å². The molecule has 0 bridgehead atoms. The highest BCUT2D eigenvalue weighted by Crippen LogP contribution is 2.27. The number of guanidine groups is 2. The Kier molecular flexibility index (Phi) is 30.7. The van der Waals surface area contributed by atoms with E-state index >= 15 is 0 Å². The monoisotopic (exact) mass is 1340 g/mol. The van der Waals surface area contributed by atoms with Gasteiger partial charge in [0.2, 0.25) is 65.0 Å². The van der Waals surface area contributed by atoms with Crippen molar-refractivity contribution in [3.63, 3.8) is 0 Å². The van der Waals surface area contributed by atoms with Crippen LogP contribution in [-0.4, -0.2) is 220 Å². The zero-order valence-corrected chi connectivity index (χ0v) is 55.3. The minimum atomic E-state index is -1.66. The van der Waals surface area contributed by atoms with Crippen LogP contribution in [0.3, 0.4) is 0 Å². The van der Waals surface area contributed by atoms with Crippen LogP contribution < -0.4 is 71.2 Å². The number of amides is 11. The van der Waals surface area contributed by atoms with E-state index in [2.05, 4.69) is 52.5 Å². The lowest BCUT2D eigenvalue weighted by Crippen LogP contribution is -2.61. The van der Waals surface area contributed by atoms with Crippen LogP contribution in [0.4, 0.5) is 0 Å². The zero-order chi connectivity index (χ0) is 70.8. The summed E-state index contributed by atoms with van der Waals surface area (Å²) in [5, 5.41) is 41.7. The van der Waals surface area contributed by atoms with Crippen LogP contribution in [0.1, 0.15) is 116 Å². The van der Waals surface area contributed by atoms with Gasteiger partial charge in [-0.25, -0.2) is 4.79 Å². The van der Waals surface area contributed by atoms with Gasteiger partial charge in [0.1, 0.15) is 60.4 Å². The van der Waals surface area contributed by atoms with Gasteiger partial charge in [-0.2, -0.15) is 0 Å². The molecule has 32 heteroatoms. The second-order valence-corrected chi connectivity index (χ2v) is 24.8. The number of rotatable bonds is 36. The van der Waals surface area contributed by atoms with E-state index in [9.17, 15) is 67.7 Å². The summed E-state index contributed by atoms with van der Waals surface area (Å²) in [6.07, 6.45) is 2.56. The average Bonchev–Trinajstić information content (AvgIpc) is 1.63. The van der Waals surface area contributed by atoms with Crippen molar-refractivity contribution in [1.29, 1.82) is 0 Å². The van der Waals surface area contributed by atoms with Crippen LogP contribution in [0.15, 0.2) is 70.6 Å². The third-order valence-electron chi connectivity index (χ3n) is 17.1. The Morgan fingerprint density at radius 1 is 0.531 bits per heavy atom. The fraction of sp³-hybridized carbons (Fsp3) is 0.594. The van der Waals surface area contributed by atoms with Crippen molar-refractivity contribution in [3.8, 4) is 0 Å². The number of hydrogen-bond acceptors (Lipinski definition) is 16. The Labute approximate surface area is 558 Å². The summed E-state index contributed by atoms with van der Waals surface area (Å²) in [5.74, 6) is -10.6. The molecule has 3 saturated heterocycles. The van der Waals surface area contributed by atoms with Crippen LogP contribution in [-0.2, 0) is 70.4 Å². The van der Waals surface area contributed by atoms with Gasteiger partial charge in [0.15, 0.2) is 11.9 Å². The molecule has 528 valence electrons. The quantitative estimate of drug-likeness (QED) is 0.0177. The molecule has 5 rings (SSSR count). The summed E-state index contributed by atoms with van der Waals surface area (Å²) in [6.45, 7) is 7.20. The Morgan fingerprint density at radius 2 is 0.979 bits per heavy atom. The zero-order valence-electron chi connectivity index (χ0n) is 55.3. The highest BCUT2D eigenvalue weighted by atomic mass is 16.4. The fourth-order valence-corrected chi connectivity index (χ4v) is 11.7. The topological polar surface area (TPSA) is 506 Å². The van der Waals surface area contributed by atoms with Crippen LogP contribution >= 0.6 is 0 Å². The molecule has 12 unspecified atom stereocenters. The molecule has 0 aromatic heterocycles. The number of benzene rings is 2. The molecule has 0 radical (unpaired) electrons. The van der Waals surface area contributed by atoms with Crippen molar-refractivity contribution < 1.29 is 67.7 Å². The van der Waals surface area contributed by atoms with Gasteiger partial charge in [-0.3, -0.25) is 62.7 Å². The molecule has 0 spiro atoms. The molecule has 2 aromatic rings. The average molecular weight is 1340 g/mol. The number of aliphatic hydroxyl groups excluding tert-OH is 1. The smallest absolute Gasteiger partial charge is 0.326 e. The molecule has 0 saturated carbocycles.